The van der Waals surface area contributed by atoms with Gasteiger partial charge in [-0.1, -0.05) is 47.5 Å². The Bertz CT molecular complexity index is 532. The first kappa shape index (κ1) is 13.4. The van der Waals surface area contributed by atoms with Crippen molar-refractivity contribution in [1.29, 1.82) is 0 Å². The van der Waals surface area contributed by atoms with Gasteiger partial charge in [-0.05, 0) is 48.2 Å². The second kappa shape index (κ2) is 5.75. The van der Waals surface area contributed by atoms with Gasteiger partial charge >= 0.3 is 0 Å². The van der Waals surface area contributed by atoms with Gasteiger partial charge in [-0.3, -0.25) is 0 Å². The molecule has 2 rings (SSSR count). The van der Waals surface area contributed by atoms with Gasteiger partial charge in [-0.2, -0.15) is 0 Å². The number of halogens is 2. The van der Waals surface area contributed by atoms with E-state index >= 15 is 0 Å². The van der Waals surface area contributed by atoms with E-state index < -0.39 is 0 Å². The molecule has 0 spiro atoms. The average Bonchev–Trinajstić information content (AvgIpc) is 2.31. The topological polar surface area (TPSA) is 26.0 Å². The molecule has 2 N–H and O–H groups in total. The molecule has 0 heterocycles. The molecule has 1 atom stereocenters. The lowest BCUT2D eigenvalue weighted by atomic mass is 9.98. The second-order valence-electron chi connectivity index (χ2n) is 4.46. The van der Waals surface area contributed by atoms with E-state index in [9.17, 15) is 0 Å². The Balaban J connectivity index is 2.22. The maximum absolute atomic E-state index is 6.22. The molecule has 3 heteroatoms. The number of hydrogen-bond acceptors (Lipinski definition) is 1. The van der Waals surface area contributed by atoms with E-state index in [1.54, 1.807) is 0 Å². The Morgan fingerprint density at radius 2 is 1.83 bits per heavy atom. The highest BCUT2D eigenvalue weighted by molar-refractivity contribution is 6.31. The molecular formula is C15H15Cl2N. The third-order valence-electron chi connectivity index (χ3n) is 2.89. The van der Waals surface area contributed by atoms with Gasteiger partial charge in [0, 0.05) is 16.1 Å². The summed E-state index contributed by atoms with van der Waals surface area (Å²) in [5.74, 6) is 0. The summed E-state index contributed by atoms with van der Waals surface area (Å²) >= 11 is 12.2. The van der Waals surface area contributed by atoms with Crippen molar-refractivity contribution in [1.82, 2.24) is 0 Å². The highest BCUT2D eigenvalue weighted by Crippen LogP contribution is 2.24. The lowest BCUT2D eigenvalue weighted by molar-refractivity contribution is 0.721. The number of benzene rings is 2. The summed E-state index contributed by atoms with van der Waals surface area (Å²) in [6.45, 7) is 2.01. The first-order valence-corrected chi connectivity index (χ1v) is 6.58. The van der Waals surface area contributed by atoms with E-state index in [1.807, 2.05) is 43.3 Å². The van der Waals surface area contributed by atoms with E-state index in [1.165, 1.54) is 0 Å². The first-order chi connectivity index (χ1) is 8.56. The van der Waals surface area contributed by atoms with Gasteiger partial charge < -0.3 is 5.73 Å². The van der Waals surface area contributed by atoms with Crippen LogP contribution in [-0.2, 0) is 6.42 Å². The fourth-order valence-corrected chi connectivity index (χ4v) is 2.51. The summed E-state index contributed by atoms with van der Waals surface area (Å²) < 4.78 is 0. The molecule has 0 aliphatic carbocycles. The Morgan fingerprint density at radius 3 is 2.50 bits per heavy atom. The largest absolute Gasteiger partial charge is 0.324 e. The van der Waals surface area contributed by atoms with Crippen molar-refractivity contribution in [2.75, 3.05) is 0 Å². The van der Waals surface area contributed by atoms with Gasteiger partial charge in [0.25, 0.3) is 0 Å². The van der Waals surface area contributed by atoms with E-state index in [-0.39, 0.29) is 6.04 Å². The molecule has 1 nitrogen and oxygen atoms in total. The Morgan fingerprint density at radius 1 is 1.11 bits per heavy atom. The molecule has 18 heavy (non-hydrogen) atoms. The number of hydrogen-bond donors (Lipinski definition) is 1. The van der Waals surface area contributed by atoms with Crippen molar-refractivity contribution in [2.24, 2.45) is 5.73 Å². The summed E-state index contributed by atoms with van der Waals surface area (Å²) in [6, 6.07) is 13.6. The minimum absolute atomic E-state index is 0.0951. The third kappa shape index (κ3) is 3.26. The maximum atomic E-state index is 6.22. The van der Waals surface area contributed by atoms with Crippen molar-refractivity contribution >= 4 is 23.2 Å². The summed E-state index contributed by atoms with van der Waals surface area (Å²) in [4.78, 5) is 0. The molecule has 94 valence electrons. The predicted molar refractivity (Wildman–Crippen MR) is 78.3 cm³/mol. The minimum atomic E-state index is -0.0951. The number of rotatable bonds is 3. The van der Waals surface area contributed by atoms with Crippen LogP contribution in [0.25, 0.3) is 0 Å². The molecule has 0 saturated carbocycles. The molecule has 1 unspecified atom stereocenters. The quantitative estimate of drug-likeness (QED) is 0.877. The van der Waals surface area contributed by atoms with Gasteiger partial charge in [0.2, 0.25) is 0 Å². The predicted octanol–water partition coefficient (Wildman–Crippen LogP) is 4.54. The van der Waals surface area contributed by atoms with Gasteiger partial charge in [0.05, 0.1) is 0 Å². The molecule has 0 fully saturated rings. The molecule has 0 bridgehead atoms. The molecule has 0 saturated heterocycles. The van der Waals surface area contributed by atoms with Crippen LogP contribution >= 0.6 is 23.2 Å². The number of aryl methyl sites for hydroxylation is 1. The van der Waals surface area contributed by atoms with Crippen molar-refractivity contribution in [2.45, 2.75) is 19.4 Å². The molecular weight excluding hydrogens is 265 g/mol. The minimum Gasteiger partial charge on any atom is -0.324 e. The van der Waals surface area contributed by atoms with Crippen molar-refractivity contribution < 1.29 is 0 Å². The van der Waals surface area contributed by atoms with Crippen LogP contribution in [0.5, 0.6) is 0 Å². The standard InChI is InChI=1S/C15H15Cl2N/c1-10-6-12(8-13(16)7-10)15(18)9-11-4-2-3-5-14(11)17/h2-8,15H,9,18H2,1H3. The lowest BCUT2D eigenvalue weighted by Gasteiger charge is -2.14. The monoisotopic (exact) mass is 279 g/mol. The van der Waals surface area contributed by atoms with E-state index in [4.69, 9.17) is 28.9 Å². The second-order valence-corrected chi connectivity index (χ2v) is 5.31. The van der Waals surface area contributed by atoms with Gasteiger partial charge in [-0.25, -0.2) is 0 Å². The van der Waals surface area contributed by atoms with Crippen LogP contribution in [0, 0.1) is 6.92 Å². The van der Waals surface area contributed by atoms with Crippen molar-refractivity contribution in [3.63, 3.8) is 0 Å². The zero-order valence-corrected chi connectivity index (χ0v) is 11.7. The normalized spacial score (nSPS) is 12.4. The first-order valence-electron chi connectivity index (χ1n) is 5.82. The Kier molecular flexibility index (Phi) is 4.28. The molecule has 2 aromatic rings. The average molecular weight is 280 g/mol. The molecule has 0 amide bonds. The maximum Gasteiger partial charge on any atom is 0.0438 e. The van der Waals surface area contributed by atoms with Crippen molar-refractivity contribution in [3.05, 3.63) is 69.2 Å². The third-order valence-corrected chi connectivity index (χ3v) is 3.48. The lowest BCUT2D eigenvalue weighted by Crippen LogP contribution is -2.13. The summed E-state index contributed by atoms with van der Waals surface area (Å²) in [5, 5.41) is 1.48. The van der Waals surface area contributed by atoms with Crippen LogP contribution in [0.2, 0.25) is 10.0 Å². The molecule has 0 aliphatic rings. The summed E-state index contributed by atoms with van der Waals surface area (Å²) in [5.41, 5.74) is 9.44. The molecule has 0 radical (unpaired) electrons. The smallest absolute Gasteiger partial charge is 0.0438 e. The van der Waals surface area contributed by atoms with Gasteiger partial charge in [0.1, 0.15) is 0 Å². The fraction of sp³-hybridized carbons (Fsp3) is 0.200. The van der Waals surface area contributed by atoms with Gasteiger partial charge in [0.15, 0.2) is 0 Å². The highest BCUT2D eigenvalue weighted by atomic mass is 35.5. The van der Waals surface area contributed by atoms with Crippen LogP contribution in [0.4, 0.5) is 0 Å². The highest BCUT2D eigenvalue weighted by Gasteiger charge is 2.10. The zero-order valence-electron chi connectivity index (χ0n) is 10.2. The summed E-state index contributed by atoms with van der Waals surface area (Å²) in [7, 11) is 0. The van der Waals surface area contributed by atoms with Gasteiger partial charge in [-0.15, -0.1) is 0 Å². The SMILES string of the molecule is Cc1cc(Cl)cc(C(N)Cc2ccccc2Cl)c1. The van der Waals surface area contributed by atoms with Crippen LogP contribution < -0.4 is 5.73 Å². The van der Waals surface area contributed by atoms with Crippen LogP contribution in [0.15, 0.2) is 42.5 Å². The molecule has 2 aromatic carbocycles. The molecule has 0 aromatic heterocycles. The number of nitrogens with two attached hydrogens (primary N) is 1. The van der Waals surface area contributed by atoms with E-state index in [0.717, 1.165) is 26.7 Å². The summed E-state index contributed by atoms with van der Waals surface area (Å²) in [6.07, 6.45) is 0.708. The van der Waals surface area contributed by atoms with E-state index in [2.05, 4.69) is 6.07 Å². The Labute approximate surface area is 118 Å². The van der Waals surface area contributed by atoms with Crippen LogP contribution in [0.1, 0.15) is 22.7 Å². The Hall–Kier alpha value is -1.02. The van der Waals surface area contributed by atoms with Crippen molar-refractivity contribution in [3.8, 4) is 0 Å². The van der Waals surface area contributed by atoms with Crippen LogP contribution in [-0.4, -0.2) is 0 Å². The van der Waals surface area contributed by atoms with Crippen LogP contribution in [0.3, 0.4) is 0 Å². The van der Waals surface area contributed by atoms with E-state index in [0.29, 0.717) is 6.42 Å². The fourth-order valence-electron chi connectivity index (χ4n) is 2.00. The molecule has 0 aliphatic heterocycles. The zero-order chi connectivity index (χ0) is 13.1.